The molecule has 0 aromatic heterocycles. The van der Waals surface area contributed by atoms with Gasteiger partial charge in [0.1, 0.15) is 11.9 Å². The molecular weight excluding hydrogens is 432 g/mol. The highest BCUT2D eigenvalue weighted by atomic mass is 16.7. The van der Waals surface area contributed by atoms with Crippen LogP contribution in [0.2, 0.25) is 0 Å². The Morgan fingerprint density at radius 1 is 0.912 bits per heavy atom. The highest BCUT2D eigenvalue weighted by molar-refractivity contribution is 5.87. The monoisotopic (exact) mass is 468 g/mol. The van der Waals surface area contributed by atoms with Crippen molar-refractivity contribution in [3.63, 3.8) is 0 Å². The summed E-state index contributed by atoms with van der Waals surface area (Å²) in [6, 6.07) is 0. The van der Waals surface area contributed by atoms with Crippen molar-refractivity contribution in [1.29, 1.82) is 0 Å². The van der Waals surface area contributed by atoms with Crippen molar-refractivity contribution in [3.05, 3.63) is 12.2 Å². The molecular formula is C28H36O6. The molecule has 13 atom stereocenters. The minimum Gasteiger partial charge on any atom is -0.459 e. The van der Waals surface area contributed by atoms with Gasteiger partial charge in [-0.3, -0.25) is 9.59 Å². The van der Waals surface area contributed by atoms with Crippen LogP contribution in [0.25, 0.3) is 0 Å². The van der Waals surface area contributed by atoms with Gasteiger partial charge in [0.05, 0.1) is 12.0 Å². The number of carbonyl (C=O) groups is 3. The molecule has 0 N–H and O–H groups in total. The molecule has 8 fully saturated rings. The fourth-order valence-corrected chi connectivity index (χ4v) is 10.3. The Kier molecular flexibility index (Phi) is 4.86. The van der Waals surface area contributed by atoms with Crippen LogP contribution in [-0.2, 0) is 28.6 Å². The first-order valence-electron chi connectivity index (χ1n) is 13.6. The van der Waals surface area contributed by atoms with E-state index in [-0.39, 0.29) is 48.7 Å². The lowest BCUT2D eigenvalue weighted by molar-refractivity contribution is -0.192. The molecule has 184 valence electrons. The van der Waals surface area contributed by atoms with E-state index < -0.39 is 0 Å². The summed E-state index contributed by atoms with van der Waals surface area (Å²) in [5.74, 6) is 4.44. The second kappa shape index (κ2) is 7.65. The topological polar surface area (TPSA) is 78.9 Å². The highest BCUT2D eigenvalue weighted by Gasteiger charge is 2.66. The van der Waals surface area contributed by atoms with Crippen molar-refractivity contribution in [2.45, 2.75) is 70.5 Å². The zero-order valence-electron chi connectivity index (χ0n) is 20.0. The van der Waals surface area contributed by atoms with E-state index >= 15 is 0 Å². The van der Waals surface area contributed by atoms with E-state index in [2.05, 4.69) is 6.58 Å². The van der Waals surface area contributed by atoms with Gasteiger partial charge in [0.2, 0.25) is 0 Å². The standard InChI is InChI=1S/C28H36O6/c1-12(2)27(30)34-22-10-15-9-20(22)24-18-7-14(23(15)24)8-19(18)28(31)33-11-32-26-17-4-13-3-16(6-17)25(29)21(26)5-13/h13-24,26H,1,3-11H2,2H3. The molecule has 8 rings (SSSR count). The van der Waals surface area contributed by atoms with Gasteiger partial charge < -0.3 is 14.2 Å². The molecule has 0 heterocycles. The second-order valence-corrected chi connectivity index (χ2v) is 12.8. The Labute approximate surface area is 201 Å². The number of esters is 2. The lowest BCUT2D eigenvalue weighted by Crippen LogP contribution is -2.55. The number of rotatable bonds is 6. The summed E-state index contributed by atoms with van der Waals surface area (Å²) in [7, 11) is 0. The van der Waals surface area contributed by atoms with Gasteiger partial charge in [-0.15, -0.1) is 0 Å². The molecule has 13 unspecified atom stereocenters. The van der Waals surface area contributed by atoms with Gasteiger partial charge in [-0.1, -0.05) is 6.58 Å². The largest absolute Gasteiger partial charge is 0.459 e. The van der Waals surface area contributed by atoms with E-state index in [0.717, 1.165) is 51.4 Å². The SMILES string of the molecule is C=C(C)C(=O)OC1CC2CC1C1C3CC(CC3C(=O)OCOC3C4CC5CC(C4)C(=O)C3C5)C21. The van der Waals surface area contributed by atoms with E-state index in [0.29, 0.717) is 58.7 Å². The minimum absolute atomic E-state index is 0.0195. The molecule has 0 aliphatic heterocycles. The molecule has 0 aromatic rings. The normalized spacial score (nSPS) is 51.1. The van der Waals surface area contributed by atoms with Crippen LogP contribution in [0.3, 0.4) is 0 Å². The van der Waals surface area contributed by atoms with Crippen LogP contribution in [0.15, 0.2) is 12.2 Å². The quantitative estimate of drug-likeness (QED) is 0.254. The molecule has 0 spiro atoms. The molecule has 0 saturated heterocycles. The molecule has 8 aliphatic carbocycles. The van der Waals surface area contributed by atoms with Gasteiger partial charge in [-0.25, -0.2) is 4.79 Å². The number of Topliss-reactive ketones (excluding diaryl/α,β-unsaturated/α-hetero) is 1. The smallest absolute Gasteiger partial charge is 0.333 e. The van der Waals surface area contributed by atoms with Crippen molar-refractivity contribution >= 4 is 17.7 Å². The summed E-state index contributed by atoms with van der Waals surface area (Å²) in [5.41, 5.74) is 0.453. The minimum atomic E-state index is -0.284. The molecule has 34 heavy (non-hydrogen) atoms. The lowest BCUT2D eigenvalue weighted by Gasteiger charge is -2.52. The van der Waals surface area contributed by atoms with Crippen LogP contribution in [-0.4, -0.2) is 36.7 Å². The van der Waals surface area contributed by atoms with Crippen LogP contribution in [0.4, 0.5) is 0 Å². The van der Waals surface area contributed by atoms with E-state index in [1.165, 1.54) is 0 Å². The summed E-state index contributed by atoms with van der Waals surface area (Å²) in [6.07, 6.45) is 8.20. The average Bonchev–Trinajstić information content (AvgIpc) is 3.57. The number of fused-ring (bicyclic) bond motifs is 9. The Bertz CT molecular complexity index is 941. The first-order chi connectivity index (χ1) is 16.4. The predicted molar refractivity (Wildman–Crippen MR) is 121 cm³/mol. The van der Waals surface area contributed by atoms with Crippen molar-refractivity contribution in [1.82, 2.24) is 0 Å². The number of hydrogen-bond acceptors (Lipinski definition) is 6. The number of ether oxygens (including phenoxy) is 3. The number of ketones is 1. The van der Waals surface area contributed by atoms with Gasteiger partial charge >= 0.3 is 11.9 Å². The fourth-order valence-electron chi connectivity index (χ4n) is 10.3. The van der Waals surface area contributed by atoms with Crippen molar-refractivity contribution in [3.8, 4) is 0 Å². The summed E-state index contributed by atoms with van der Waals surface area (Å²) < 4.78 is 17.6. The highest BCUT2D eigenvalue weighted by Crippen LogP contribution is 2.69. The Balaban J connectivity index is 0.965. The summed E-state index contributed by atoms with van der Waals surface area (Å²) in [5, 5.41) is 0. The van der Waals surface area contributed by atoms with Gasteiger partial charge in [0.25, 0.3) is 0 Å². The van der Waals surface area contributed by atoms with Crippen LogP contribution >= 0.6 is 0 Å². The maximum atomic E-state index is 13.1. The van der Waals surface area contributed by atoms with Crippen molar-refractivity contribution in [2.75, 3.05) is 6.79 Å². The van der Waals surface area contributed by atoms with E-state index in [9.17, 15) is 14.4 Å². The summed E-state index contributed by atoms with van der Waals surface area (Å²) in [4.78, 5) is 37.9. The molecule has 0 aromatic carbocycles. The van der Waals surface area contributed by atoms with Gasteiger partial charge in [-0.05, 0) is 106 Å². The van der Waals surface area contributed by atoms with Crippen LogP contribution in [0.1, 0.15) is 58.3 Å². The Morgan fingerprint density at radius 2 is 1.71 bits per heavy atom. The Morgan fingerprint density at radius 3 is 2.53 bits per heavy atom. The van der Waals surface area contributed by atoms with Crippen LogP contribution < -0.4 is 0 Å². The van der Waals surface area contributed by atoms with E-state index in [1.54, 1.807) is 6.92 Å². The third-order valence-corrected chi connectivity index (χ3v) is 11.2. The molecule has 8 bridgehead atoms. The molecule has 6 heteroatoms. The zero-order chi connectivity index (χ0) is 23.3. The van der Waals surface area contributed by atoms with Crippen LogP contribution in [0, 0.1) is 65.1 Å². The summed E-state index contributed by atoms with van der Waals surface area (Å²) in [6.45, 7) is 5.40. The first-order valence-corrected chi connectivity index (χ1v) is 13.6. The van der Waals surface area contributed by atoms with Gasteiger partial charge in [0, 0.05) is 17.4 Å². The maximum absolute atomic E-state index is 13.1. The average molecular weight is 469 g/mol. The molecule has 0 amide bonds. The lowest BCUT2D eigenvalue weighted by atomic mass is 9.54. The number of carbonyl (C=O) groups excluding carboxylic acids is 3. The zero-order valence-corrected chi connectivity index (χ0v) is 20.0. The fraction of sp³-hybridized carbons (Fsp3) is 0.821. The first kappa shape index (κ1) is 21.6. The Hall–Kier alpha value is -1.69. The molecule has 0 radical (unpaired) electrons. The third kappa shape index (κ3) is 3.06. The third-order valence-electron chi connectivity index (χ3n) is 11.2. The summed E-state index contributed by atoms with van der Waals surface area (Å²) >= 11 is 0. The van der Waals surface area contributed by atoms with Gasteiger partial charge in [0.15, 0.2) is 6.79 Å². The van der Waals surface area contributed by atoms with Crippen molar-refractivity contribution in [2.24, 2.45) is 65.1 Å². The second-order valence-electron chi connectivity index (χ2n) is 12.8. The molecule has 8 aliphatic rings. The van der Waals surface area contributed by atoms with E-state index in [1.807, 2.05) is 0 Å². The number of hydrogen-bond donors (Lipinski definition) is 0. The molecule has 6 nitrogen and oxygen atoms in total. The predicted octanol–water partition coefficient (Wildman–Crippen LogP) is 3.92. The van der Waals surface area contributed by atoms with Crippen LogP contribution in [0.5, 0.6) is 0 Å². The van der Waals surface area contributed by atoms with Crippen molar-refractivity contribution < 1.29 is 28.6 Å². The maximum Gasteiger partial charge on any atom is 0.333 e. The van der Waals surface area contributed by atoms with Gasteiger partial charge in [-0.2, -0.15) is 0 Å². The molecule has 8 saturated carbocycles. The van der Waals surface area contributed by atoms with E-state index in [4.69, 9.17) is 14.2 Å².